The van der Waals surface area contributed by atoms with Gasteiger partial charge in [-0.05, 0) is 62.1 Å². The lowest BCUT2D eigenvalue weighted by molar-refractivity contribution is -0.137. The number of carbonyl (C=O) groups is 2. The molecule has 49 heavy (non-hydrogen) atoms. The highest BCUT2D eigenvalue weighted by Crippen LogP contribution is 2.32. The van der Waals surface area contributed by atoms with Crippen molar-refractivity contribution in [1.29, 1.82) is 0 Å². The minimum atomic E-state index is -4.54. The van der Waals surface area contributed by atoms with Gasteiger partial charge in [0.05, 0.1) is 17.8 Å². The minimum Gasteiger partial charge on any atom is -0.505 e. The molecular formula is C32H35F4N9O4. The second-order valence-corrected chi connectivity index (χ2v) is 12.1. The van der Waals surface area contributed by atoms with Gasteiger partial charge in [0.2, 0.25) is 17.6 Å². The Balaban J connectivity index is 1.35. The smallest absolute Gasteiger partial charge is 0.416 e. The Morgan fingerprint density at radius 3 is 2.49 bits per heavy atom. The fraction of sp³-hybridized carbons (Fsp3) is 0.438. The number of aromatic hydroxyl groups is 1. The van der Waals surface area contributed by atoms with Crippen LogP contribution in [0.4, 0.5) is 34.9 Å². The van der Waals surface area contributed by atoms with Crippen LogP contribution in [0.25, 0.3) is 5.78 Å². The molecule has 5 heterocycles. The summed E-state index contributed by atoms with van der Waals surface area (Å²) in [6, 6.07) is 5.91. The topological polar surface area (TPSA) is 141 Å². The summed E-state index contributed by atoms with van der Waals surface area (Å²) in [4.78, 5) is 54.3. The number of fused-ring (bicyclic) bond motifs is 1. The molecule has 260 valence electrons. The van der Waals surface area contributed by atoms with Gasteiger partial charge < -0.3 is 29.7 Å². The van der Waals surface area contributed by atoms with E-state index in [9.17, 15) is 37.1 Å². The zero-order valence-corrected chi connectivity index (χ0v) is 26.9. The van der Waals surface area contributed by atoms with Crippen LogP contribution in [0.5, 0.6) is 5.75 Å². The van der Waals surface area contributed by atoms with Crippen molar-refractivity contribution in [3.63, 3.8) is 0 Å². The Bertz CT molecular complexity index is 1950. The summed E-state index contributed by atoms with van der Waals surface area (Å²) in [7, 11) is 0. The molecule has 1 aromatic carbocycles. The number of rotatable bonds is 7. The number of benzene rings is 1. The van der Waals surface area contributed by atoms with Crippen molar-refractivity contribution in [2.45, 2.75) is 52.0 Å². The second-order valence-electron chi connectivity index (χ2n) is 12.1. The number of aryl methyl sites for hydroxylation is 1. The average Bonchev–Trinajstić information content (AvgIpc) is 3.53. The number of halogens is 4. The van der Waals surface area contributed by atoms with Gasteiger partial charge in [0.1, 0.15) is 24.2 Å². The van der Waals surface area contributed by atoms with E-state index in [0.717, 1.165) is 16.6 Å². The molecule has 0 radical (unpaired) electrons. The van der Waals surface area contributed by atoms with E-state index >= 15 is 0 Å². The maximum Gasteiger partial charge on any atom is 0.416 e. The SMILES string of the molecule is CCc1c(N2CCN(C(=O)c3ncccc3O)CC2)c(=O)n2nc(N3CCCC(F)C3)nc2n1CC(=O)Nc1ccc(C(F)(F)F)cc1C. The number of piperazine rings is 1. The van der Waals surface area contributed by atoms with Gasteiger partial charge in [-0.25, -0.2) is 9.37 Å². The number of alkyl halides is 4. The first kappa shape index (κ1) is 33.7. The van der Waals surface area contributed by atoms with Crippen LogP contribution < -0.4 is 20.7 Å². The van der Waals surface area contributed by atoms with Gasteiger partial charge in [0, 0.05) is 44.6 Å². The molecule has 2 fully saturated rings. The number of pyridine rings is 1. The van der Waals surface area contributed by atoms with Gasteiger partial charge in [0.25, 0.3) is 11.5 Å². The van der Waals surface area contributed by atoms with E-state index in [-0.39, 0.29) is 85.8 Å². The summed E-state index contributed by atoms with van der Waals surface area (Å²) < 4.78 is 56.7. The van der Waals surface area contributed by atoms with E-state index in [1.54, 1.807) is 14.4 Å². The van der Waals surface area contributed by atoms with Gasteiger partial charge >= 0.3 is 6.18 Å². The van der Waals surface area contributed by atoms with E-state index in [0.29, 0.717) is 25.1 Å². The number of nitrogens with zero attached hydrogens (tertiary/aromatic N) is 8. The quantitative estimate of drug-likeness (QED) is 0.280. The van der Waals surface area contributed by atoms with Crippen LogP contribution in [0.1, 0.15) is 47.1 Å². The molecule has 0 bridgehead atoms. The van der Waals surface area contributed by atoms with Crippen LogP contribution in [-0.2, 0) is 23.9 Å². The summed E-state index contributed by atoms with van der Waals surface area (Å²) in [6.07, 6.45) is -2.96. The van der Waals surface area contributed by atoms with Crippen molar-refractivity contribution in [2.75, 3.05) is 54.4 Å². The molecule has 0 spiro atoms. The highest BCUT2D eigenvalue weighted by molar-refractivity contribution is 5.95. The maximum absolute atomic E-state index is 14.3. The molecule has 1 atom stereocenters. The standard InChI is InChI=1S/C32H35F4N9O4/c1-3-23-27(41-12-14-42(15-13-41)28(48)26-24(46)7-4-10-37-26)29(49)45-31(39-30(40-45)43-11-5-6-21(33)17-43)44(23)18-25(47)38-22-9-8-20(16-19(22)2)32(34,35)36/h4,7-10,16,21,46H,3,5-6,11-15,17-18H2,1-2H3,(H,38,47). The molecule has 6 rings (SSSR count). The Kier molecular flexibility index (Phi) is 9.18. The number of hydrogen-bond donors (Lipinski definition) is 2. The molecular weight excluding hydrogens is 650 g/mol. The van der Waals surface area contributed by atoms with E-state index < -0.39 is 35.3 Å². The van der Waals surface area contributed by atoms with Crippen molar-refractivity contribution in [1.82, 2.24) is 29.0 Å². The summed E-state index contributed by atoms with van der Waals surface area (Å²) in [5.74, 6) is -1.08. The molecule has 0 aliphatic carbocycles. The Labute approximate surface area is 277 Å². The van der Waals surface area contributed by atoms with E-state index in [1.165, 1.54) is 36.2 Å². The van der Waals surface area contributed by atoms with Crippen LogP contribution in [-0.4, -0.2) is 91.4 Å². The zero-order chi connectivity index (χ0) is 35.0. The molecule has 2 saturated heterocycles. The first-order valence-electron chi connectivity index (χ1n) is 15.9. The number of amides is 2. The summed E-state index contributed by atoms with van der Waals surface area (Å²) in [5, 5.41) is 17.3. The van der Waals surface area contributed by atoms with Crippen LogP contribution in [0.2, 0.25) is 0 Å². The number of nitrogens with one attached hydrogen (secondary N) is 1. The average molecular weight is 686 g/mol. The molecule has 2 aliphatic heterocycles. The Morgan fingerprint density at radius 2 is 1.84 bits per heavy atom. The lowest BCUT2D eigenvalue weighted by atomic mass is 10.1. The molecule has 1 unspecified atom stereocenters. The third-order valence-corrected chi connectivity index (χ3v) is 8.80. The van der Waals surface area contributed by atoms with Crippen molar-refractivity contribution < 1.29 is 32.3 Å². The van der Waals surface area contributed by atoms with Crippen LogP contribution >= 0.6 is 0 Å². The highest BCUT2D eigenvalue weighted by Gasteiger charge is 2.32. The third-order valence-electron chi connectivity index (χ3n) is 8.80. The van der Waals surface area contributed by atoms with Gasteiger partial charge in [-0.3, -0.25) is 14.4 Å². The predicted molar refractivity (Wildman–Crippen MR) is 172 cm³/mol. The number of anilines is 3. The van der Waals surface area contributed by atoms with Crippen molar-refractivity contribution in [2.24, 2.45) is 0 Å². The molecule has 2 N–H and O–H groups in total. The second kappa shape index (κ2) is 13.4. The van der Waals surface area contributed by atoms with Crippen LogP contribution in [0, 0.1) is 6.92 Å². The molecule has 4 aromatic rings. The summed E-state index contributed by atoms with van der Waals surface area (Å²) in [6.45, 7) is 4.32. The molecule has 2 amide bonds. The predicted octanol–water partition coefficient (Wildman–Crippen LogP) is 3.42. The molecule has 13 nitrogen and oxygen atoms in total. The van der Waals surface area contributed by atoms with Crippen molar-refractivity contribution in [3.8, 4) is 5.75 Å². The molecule has 3 aromatic heterocycles. The van der Waals surface area contributed by atoms with E-state index in [4.69, 9.17) is 0 Å². The molecule has 17 heteroatoms. The lowest BCUT2D eigenvalue weighted by Crippen LogP contribution is -2.51. The van der Waals surface area contributed by atoms with Crippen LogP contribution in [0.3, 0.4) is 0 Å². The lowest BCUT2D eigenvalue weighted by Gasteiger charge is -2.36. The Morgan fingerprint density at radius 1 is 1.08 bits per heavy atom. The normalized spacial score (nSPS) is 17.1. The van der Waals surface area contributed by atoms with Gasteiger partial charge in [-0.1, -0.05) is 6.92 Å². The van der Waals surface area contributed by atoms with Gasteiger partial charge in [-0.2, -0.15) is 22.7 Å². The summed E-state index contributed by atoms with van der Waals surface area (Å²) in [5.41, 5.74) is -0.307. The fourth-order valence-electron chi connectivity index (χ4n) is 6.32. The molecule has 2 aliphatic rings. The number of hydrogen-bond acceptors (Lipinski definition) is 9. The fourth-order valence-corrected chi connectivity index (χ4v) is 6.32. The Hall–Kier alpha value is -5.22. The molecule has 0 saturated carbocycles. The highest BCUT2D eigenvalue weighted by atomic mass is 19.4. The summed E-state index contributed by atoms with van der Waals surface area (Å²) >= 11 is 0. The minimum absolute atomic E-state index is 0.0497. The number of carbonyl (C=O) groups excluding carboxylic acids is 2. The van der Waals surface area contributed by atoms with Crippen LogP contribution in [0.15, 0.2) is 41.3 Å². The largest absolute Gasteiger partial charge is 0.505 e. The van der Waals surface area contributed by atoms with E-state index in [2.05, 4.69) is 20.4 Å². The third kappa shape index (κ3) is 6.73. The zero-order valence-electron chi connectivity index (χ0n) is 26.9. The maximum atomic E-state index is 14.3. The van der Waals surface area contributed by atoms with E-state index in [1.807, 2.05) is 6.92 Å². The monoisotopic (exact) mass is 685 g/mol. The number of piperidine rings is 1. The first-order valence-corrected chi connectivity index (χ1v) is 15.9. The van der Waals surface area contributed by atoms with Gasteiger partial charge in [-0.15, -0.1) is 5.10 Å². The van der Waals surface area contributed by atoms with Crippen molar-refractivity contribution >= 4 is 34.9 Å². The number of aromatic nitrogens is 5. The van der Waals surface area contributed by atoms with Crippen molar-refractivity contribution in [3.05, 3.63) is 69.4 Å². The van der Waals surface area contributed by atoms with Gasteiger partial charge in [0.15, 0.2) is 5.69 Å². The first-order chi connectivity index (χ1) is 23.3.